The van der Waals surface area contributed by atoms with Crippen molar-refractivity contribution < 1.29 is 80.2 Å². The molecule has 0 aromatic rings. The van der Waals surface area contributed by atoms with Crippen molar-refractivity contribution in [3.05, 3.63) is 0 Å². The number of phosphoric ester groups is 2. The molecule has 0 amide bonds. The molecule has 3 N–H and O–H groups in total. The Bertz CT molecular complexity index is 1820. The van der Waals surface area contributed by atoms with Gasteiger partial charge in [0.15, 0.2) is 12.2 Å². The number of hydrogen-bond acceptors (Lipinski definition) is 15. The molecule has 0 saturated heterocycles. The summed E-state index contributed by atoms with van der Waals surface area (Å²) in [6.45, 7) is 14.0. The first kappa shape index (κ1) is 90.1. The van der Waals surface area contributed by atoms with E-state index in [1.807, 2.05) is 0 Å². The van der Waals surface area contributed by atoms with Crippen molar-refractivity contribution in [2.24, 2.45) is 23.7 Å². The van der Waals surface area contributed by atoms with E-state index >= 15 is 0 Å². The maximum Gasteiger partial charge on any atom is 0.472 e. The minimum Gasteiger partial charge on any atom is -0.462 e. The maximum atomic E-state index is 13.0. The molecule has 0 bridgehead atoms. The molecule has 19 heteroatoms. The van der Waals surface area contributed by atoms with Crippen LogP contribution in [0.2, 0.25) is 0 Å². The summed E-state index contributed by atoms with van der Waals surface area (Å²) < 4.78 is 68.3. The van der Waals surface area contributed by atoms with Crippen molar-refractivity contribution >= 4 is 39.5 Å². The number of ether oxygens (including phenoxy) is 4. The van der Waals surface area contributed by atoms with Gasteiger partial charge in [-0.3, -0.25) is 37.3 Å². The van der Waals surface area contributed by atoms with E-state index in [0.29, 0.717) is 37.5 Å². The van der Waals surface area contributed by atoms with E-state index in [0.717, 1.165) is 108 Å². The largest absolute Gasteiger partial charge is 0.472 e. The Hall–Kier alpha value is -1.94. The molecule has 0 aliphatic carbocycles. The minimum absolute atomic E-state index is 0.102. The van der Waals surface area contributed by atoms with E-state index in [9.17, 15) is 43.2 Å². The Labute approximate surface area is 562 Å². The summed E-state index contributed by atoms with van der Waals surface area (Å²) in [5, 5.41) is 10.6. The Balaban J connectivity index is 5.16. The number of carbonyl (C=O) groups excluding carboxylic acids is 4. The normalized spacial score (nSPS) is 14.2. The molecule has 0 radical (unpaired) electrons. The van der Waals surface area contributed by atoms with Gasteiger partial charge in [0, 0.05) is 25.7 Å². The van der Waals surface area contributed by atoms with Gasteiger partial charge in [-0.25, -0.2) is 9.13 Å². The zero-order chi connectivity index (χ0) is 68.2. The van der Waals surface area contributed by atoms with Crippen LogP contribution >= 0.6 is 15.6 Å². The van der Waals surface area contributed by atoms with E-state index in [2.05, 4.69) is 55.4 Å². The monoisotopic (exact) mass is 1350 g/mol. The van der Waals surface area contributed by atoms with Gasteiger partial charge in [0.25, 0.3) is 0 Å². The molecule has 0 saturated carbocycles. The lowest BCUT2D eigenvalue weighted by atomic mass is 10.0. The van der Waals surface area contributed by atoms with Crippen LogP contribution in [0.1, 0.15) is 364 Å². The summed E-state index contributed by atoms with van der Waals surface area (Å²) in [7, 11) is -9.90. The van der Waals surface area contributed by atoms with Crippen molar-refractivity contribution in [2.75, 3.05) is 39.6 Å². The summed E-state index contributed by atoms with van der Waals surface area (Å²) in [4.78, 5) is 72.6. The number of hydrogen-bond donors (Lipinski definition) is 3. The molecule has 0 aliphatic heterocycles. The number of unbranched alkanes of at least 4 members (excludes halogenated alkanes) is 36. The highest BCUT2D eigenvalue weighted by molar-refractivity contribution is 7.47. The lowest BCUT2D eigenvalue weighted by Gasteiger charge is -2.21. The van der Waals surface area contributed by atoms with Crippen LogP contribution in [0.15, 0.2) is 0 Å². The second kappa shape index (κ2) is 62.6. The van der Waals surface area contributed by atoms with Gasteiger partial charge in [0.1, 0.15) is 19.3 Å². The highest BCUT2D eigenvalue weighted by Gasteiger charge is 2.30. The Morgan fingerprint density at radius 2 is 0.457 bits per heavy atom. The number of phosphoric acid groups is 2. The first-order chi connectivity index (χ1) is 44.1. The molecule has 0 heterocycles. The lowest BCUT2D eigenvalue weighted by Crippen LogP contribution is -2.30. The smallest absolute Gasteiger partial charge is 0.462 e. The molecule has 0 aromatic heterocycles. The standard InChI is InChI=1S/C73H142O17P2/c1-63(2)49-41-33-25-21-17-13-10-9-11-15-20-24-28-39-47-55-72(77)89-68(60-84-71(76)54-46-38-31-29-35-43-51-65(5)6)61-87-91(79,80)85-57-67(74)58-86-92(81,82)88-62-69(90-73(78)56-48-40-32-30-36-44-52-66(7)8)59-83-70(75)53-45-37-27-23-19-16-12-14-18-22-26-34-42-50-64(3)4/h63-69,74H,9-62H2,1-8H3,(H,79,80)(H,81,82)/t67?,68-,69-/m1/s1. The second-order valence-corrected chi connectivity index (χ2v) is 31.1. The number of esters is 4. The van der Waals surface area contributed by atoms with Gasteiger partial charge in [0.2, 0.25) is 0 Å². The van der Waals surface area contributed by atoms with Crippen LogP contribution in [0.5, 0.6) is 0 Å². The van der Waals surface area contributed by atoms with Crippen LogP contribution in [0, 0.1) is 23.7 Å². The van der Waals surface area contributed by atoms with Crippen molar-refractivity contribution in [2.45, 2.75) is 382 Å². The van der Waals surface area contributed by atoms with Crippen molar-refractivity contribution in [3.8, 4) is 0 Å². The van der Waals surface area contributed by atoms with Gasteiger partial charge in [-0.15, -0.1) is 0 Å². The van der Waals surface area contributed by atoms with Crippen molar-refractivity contribution in [1.82, 2.24) is 0 Å². The average molecular weight is 1350 g/mol. The molecule has 0 aliphatic rings. The molecule has 17 nitrogen and oxygen atoms in total. The van der Waals surface area contributed by atoms with Crippen LogP contribution < -0.4 is 0 Å². The van der Waals surface area contributed by atoms with Crippen LogP contribution in [0.25, 0.3) is 0 Å². The van der Waals surface area contributed by atoms with E-state index in [4.69, 9.17) is 37.0 Å². The summed E-state index contributed by atoms with van der Waals surface area (Å²) in [5.41, 5.74) is 0. The van der Waals surface area contributed by atoms with Crippen LogP contribution in [-0.4, -0.2) is 96.7 Å². The number of aliphatic hydroxyl groups is 1. The Morgan fingerprint density at radius 1 is 0.272 bits per heavy atom. The van der Waals surface area contributed by atoms with Crippen LogP contribution in [0.4, 0.5) is 0 Å². The molecule has 546 valence electrons. The van der Waals surface area contributed by atoms with Gasteiger partial charge in [-0.05, 0) is 49.4 Å². The molecule has 0 rings (SSSR count). The van der Waals surface area contributed by atoms with E-state index in [1.54, 1.807) is 0 Å². The quantitative estimate of drug-likeness (QED) is 0.0222. The third-order valence-corrected chi connectivity index (χ3v) is 18.7. The van der Waals surface area contributed by atoms with Gasteiger partial charge in [0.05, 0.1) is 26.4 Å². The summed E-state index contributed by atoms with van der Waals surface area (Å²) >= 11 is 0. The SMILES string of the molecule is CC(C)CCCCCCCCCCCCCCCCCC(=O)O[C@H](COC(=O)CCCCCCCCC(C)C)COP(=O)(O)OCC(O)COP(=O)(O)OC[C@@H](COC(=O)CCCCCCCCCCCCCCCC(C)C)OC(=O)CCCCCCCCC(C)C. The first-order valence-corrected chi connectivity index (χ1v) is 40.7. The Morgan fingerprint density at radius 3 is 0.674 bits per heavy atom. The van der Waals surface area contributed by atoms with Gasteiger partial charge >= 0.3 is 39.5 Å². The molecule has 5 atom stereocenters. The maximum absolute atomic E-state index is 13.0. The van der Waals surface area contributed by atoms with Crippen LogP contribution in [-0.2, 0) is 65.4 Å². The van der Waals surface area contributed by atoms with Gasteiger partial charge in [-0.1, -0.05) is 312 Å². The van der Waals surface area contributed by atoms with E-state index in [-0.39, 0.29) is 25.7 Å². The molecule has 0 spiro atoms. The predicted molar refractivity (Wildman–Crippen MR) is 372 cm³/mol. The zero-order valence-electron chi connectivity index (χ0n) is 60.2. The molecular weight excluding hydrogens is 1210 g/mol. The summed E-state index contributed by atoms with van der Waals surface area (Å²) in [6.07, 6.45) is 46.2. The zero-order valence-corrected chi connectivity index (χ0v) is 62.0. The third kappa shape index (κ3) is 66.7. The Kier molecular flexibility index (Phi) is 61.3. The molecule has 0 aromatic carbocycles. The van der Waals surface area contributed by atoms with Crippen LogP contribution in [0.3, 0.4) is 0 Å². The van der Waals surface area contributed by atoms with Gasteiger partial charge < -0.3 is 33.8 Å². The molecular formula is C73H142O17P2. The third-order valence-electron chi connectivity index (χ3n) is 16.8. The number of rotatable bonds is 70. The van der Waals surface area contributed by atoms with Crippen molar-refractivity contribution in [1.29, 1.82) is 0 Å². The number of aliphatic hydroxyl groups excluding tert-OH is 1. The molecule has 0 fully saturated rings. The number of carbonyl (C=O) groups is 4. The van der Waals surface area contributed by atoms with E-state index < -0.39 is 97.5 Å². The molecule has 92 heavy (non-hydrogen) atoms. The fourth-order valence-corrected chi connectivity index (χ4v) is 12.6. The highest BCUT2D eigenvalue weighted by atomic mass is 31.2. The van der Waals surface area contributed by atoms with Gasteiger partial charge in [-0.2, -0.15) is 0 Å². The van der Waals surface area contributed by atoms with E-state index in [1.165, 1.54) is 161 Å². The minimum atomic E-state index is -4.95. The molecule has 3 unspecified atom stereocenters. The predicted octanol–water partition coefficient (Wildman–Crippen LogP) is 20.9. The van der Waals surface area contributed by atoms with Crippen molar-refractivity contribution in [3.63, 3.8) is 0 Å². The first-order valence-electron chi connectivity index (χ1n) is 37.7. The summed E-state index contributed by atoms with van der Waals surface area (Å²) in [6, 6.07) is 0. The fourth-order valence-electron chi connectivity index (χ4n) is 11.0. The lowest BCUT2D eigenvalue weighted by molar-refractivity contribution is -0.161. The fraction of sp³-hybridized carbons (Fsp3) is 0.945. The summed E-state index contributed by atoms with van der Waals surface area (Å²) in [5.74, 6) is 0.811. The highest BCUT2D eigenvalue weighted by Crippen LogP contribution is 2.45. The topological polar surface area (TPSA) is 237 Å². The average Bonchev–Trinajstić information content (AvgIpc) is 2.20. The second-order valence-electron chi connectivity index (χ2n) is 28.2.